The van der Waals surface area contributed by atoms with Gasteiger partial charge in [0.25, 0.3) is 0 Å². The van der Waals surface area contributed by atoms with Crippen LogP contribution in [-0.4, -0.2) is 18.9 Å². The van der Waals surface area contributed by atoms with Crippen molar-refractivity contribution in [2.24, 2.45) is 0 Å². The Hall–Kier alpha value is -0.730. The molecule has 0 aromatic rings. The number of carbonyl (C=O) groups is 1. The Bertz CT molecular complexity index is 230. The number of ether oxygens (including phenoxy) is 2. The zero-order valence-corrected chi connectivity index (χ0v) is 13.2. The van der Waals surface area contributed by atoms with E-state index < -0.39 is 6.16 Å². The lowest BCUT2D eigenvalue weighted by atomic mass is 9.99. The van der Waals surface area contributed by atoms with Crippen LogP contribution in [0.4, 0.5) is 4.79 Å². The summed E-state index contributed by atoms with van der Waals surface area (Å²) >= 11 is 0. The van der Waals surface area contributed by atoms with Gasteiger partial charge in [0.2, 0.25) is 0 Å². The Balaban J connectivity index is 2.13. The van der Waals surface area contributed by atoms with Crippen molar-refractivity contribution in [1.29, 1.82) is 0 Å². The van der Waals surface area contributed by atoms with Crippen LogP contribution >= 0.6 is 0 Å². The molecule has 0 unspecified atom stereocenters. The Morgan fingerprint density at radius 3 is 2.10 bits per heavy atom. The third-order valence-electron chi connectivity index (χ3n) is 4.03. The van der Waals surface area contributed by atoms with Gasteiger partial charge >= 0.3 is 6.16 Å². The van der Waals surface area contributed by atoms with Gasteiger partial charge in [0, 0.05) is 0 Å². The number of hydrogen-bond acceptors (Lipinski definition) is 3. The molecule has 1 aliphatic carbocycles. The first-order valence-electron chi connectivity index (χ1n) is 8.66. The van der Waals surface area contributed by atoms with Crippen LogP contribution in [-0.2, 0) is 9.47 Å². The van der Waals surface area contributed by atoms with Crippen molar-refractivity contribution >= 4 is 6.16 Å². The summed E-state index contributed by atoms with van der Waals surface area (Å²) in [6, 6.07) is 0. The zero-order valence-electron chi connectivity index (χ0n) is 13.2. The Morgan fingerprint density at radius 1 is 0.900 bits per heavy atom. The molecule has 0 aromatic heterocycles. The number of unbranched alkanes of at least 4 members (excludes halogenated alkanes) is 3. The van der Waals surface area contributed by atoms with Crippen LogP contribution in [0, 0.1) is 0 Å². The molecule has 0 N–H and O–H groups in total. The van der Waals surface area contributed by atoms with E-state index in [-0.39, 0.29) is 6.10 Å². The van der Waals surface area contributed by atoms with Gasteiger partial charge in [0.1, 0.15) is 6.10 Å². The Kier molecular flexibility index (Phi) is 10.4. The molecule has 118 valence electrons. The van der Waals surface area contributed by atoms with Gasteiger partial charge < -0.3 is 9.47 Å². The molecule has 0 radical (unpaired) electrons. The standard InChI is InChI=1S/C17H32O3/c1-2-3-4-12-15-19-17(18)20-16-13-10-8-6-5-7-9-11-14-16/h16H,2-15H2,1H3. The largest absolute Gasteiger partial charge is 0.508 e. The quantitative estimate of drug-likeness (QED) is 0.469. The minimum absolute atomic E-state index is 0.0799. The second-order valence-electron chi connectivity index (χ2n) is 5.95. The molecule has 0 atom stereocenters. The Labute approximate surface area is 124 Å². The van der Waals surface area contributed by atoms with Crippen molar-refractivity contribution in [3.05, 3.63) is 0 Å². The van der Waals surface area contributed by atoms with Gasteiger partial charge in [-0.05, 0) is 32.1 Å². The van der Waals surface area contributed by atoms with Crippen LogP contribution in [0.25, 0.3) is 0 Å². The summed E-state index contributed by atoms with van der Waals surface area (Å²) in [5.74, 6) is 0. The molecule has 1 saturated carbocycles. The highest BCUT2D eigenvalue weighted by atomic mass is 16.7. The first-order chi connectivity index (χ1) is 9.83. The fourth-order valence-corrected chi connectivity index (χ4v) is 2.74. The van der Waals surface area contributed by atoms with Crippen molar-refractivity contribution in [2.45, 2.75) is 96.5 Å². The van der Waals surface area contributed by atoms with Gasteiger partial charge in [-0.1, -0.05) is 58.3 Å². The number of hydrogen-bond donors (Lipinski definition) is 0. The molecule has 0 saturated heterocycles. The van der Waals surface area contributed by atoms with Crippen LogP contribution in [0.15, 0.2) is 0 Å². The summed E-state index contributed by atoms with van der Waals surface area (Å²) in [5, 5.41) is 0. The molecule has 0 aliphatic heterocycles. The average molecular weight is 284 g/mol. The molecule has 0 aromatic carbocycles. The van der Waals surface area contributed by atoms with Gasteiger partial charge in [-0.3, -0.25) is 0 Å². The van der Waals surface area contributed by atoms with Crippen molar-refractivity contribution in [1.82, 2.24) is 0 Å². The Morgan fingerprint density at radius 2 is 1.50 bits per heavy atom. The van der Waals surface area contributed by atoms with E-state index in [1.807, 2.05) is 0 Å². The number of rotatable bonds is 6. The number of carbonyl (C=O) groups excluding carboxylic acids is 1. The van der Waals surface area contributed by atoms with Crippen LogP contribution < -0.4 is 0 Å². The van der Waals surface area contributed by atoms with Gasteiger partial charge in [-0.2, -0.15) is 0 Å². The fourth-order valence-electron chi connectivity index (χ4n) is 2.74. The second kappa shape index (κ2) is 12.0. The van der Waals surface area contributed by atoms with Gasteiger partial charge in [0.05, 0.1) is 6.61 Å². The third kappa shape index (κ3) is 9.22. The molecule has 0 amide bonds. The molecule has 20 heavy (non-hydrogen) atoms. The minimum atomic E-state index is -0.455. The molecular formula is C17H32O3. The van der Waals surface area contributed by atoms with Crippen molar-refractivity contribution in [3.63, 3.8) is 0 Å². The van der Waals surface area contributed by atoms with Gasteiger partial charge in [-0.25, -0.2) is 4.79 Å². The zero-order chi connectivity index (χ0) is 14.5. The van der Waals surface area contributed by atoms with E-state index >= 15 is 0 Å². The summed E-state index contributed by atoms with van der Waals surface area (Å²) < 4.78 is 10.6. The summed E-state index contributed by atoms with van der Waals surface area (Å²) in [6.45, 7) is 2.68. The first-order valence-corrected chi connectivity index (χ1v) is 8.66. The molecular weight excluding hydrogens is 252 g/mol. The highest BCUT2D eigenvalue weighted by molar-refractivity contribution is 5.60. The van der Waals surface area contributed by atoms with E-state index in [1.54, 1.807) is 0 Å². The summed E-state index contributed by atoms with van der Waals surface area (Å²) in [7, 11) is 0. The summed E-state index contributed by atoms with van der Waals surface area (Å²) in [4.78, 5) is 11.7. The van der Waals surface area contributed by atoms with Crippen LogP contribution in [0.1, 0.15) is 90.4 Å². The maximum Gasteiger partial charge on any atom is 0.508 e. The third-order valence-corrected chi connectivity index (χ3v) is 4.03. The SMILES string of the molecule is CCCCCCOC(=O)OC1CCCCCCCCC1. The minimum Gasteiger partial charge on any atom is -0.434 e. The molecule has 0 bridgehead atoms. The average Bonchev–Trinajstić information content (AvgIpc) is 2.45. The van der Waals surface area contributed by atoms with E-state index in [2.05, 4.69) is 6.92 Å². The maximum absolute atomic E-state index is 11.7. The molecule has 1 aliphatic rings. The molecule has 3 nitrogen and oxygen atoms in total. The van der Waals surface area contributed by atoms with E-state index in [9.17, 15) is 4.79 Å². The fraction of sp³-hybridized carbons (Fsp3) is 0.941. The van der Waals surface area contributed by atoms with Gasteiger partial charge in [-0.15, -0.1) is 0 Å². The van der Waals surface area contributed by atoms with E-state index in [0.717, 1.165) is 25.7 Å². The van der Waals surface area contributed by atoms with Gasteiger partial charge in [0.15, 0.2) is 0 Å². The lowest BCUT2D eigenvalue weighted by Gasteiger charge is -2.18. The first kappa shape index (κ1) is 17.3. The lowest BCUT2D eigenvalue weighted by molar-refractivity contribution is 0.0151. The summed E-state index contributed by atoms with van der Waals surface area (Å²) in [6.07, 6.45) is 15.0. The molecule has 0 heterocycles. The highest BCUT2D eigenvalue weighted by Crippen LogP contribution is 2.19. The van der Waals surface area contributed by atoms with E-state index in [1.165, 1.54) is 57.8 Å². The molecule has 3 heteroatoms. The highest BCUT2D eigenvalue weighted by Gasteiger charge is 2.15. The smallest absolute Gasteiger partial charge is 0.434 e. The van der Waals surface area contributed by atoms with Crippen molar-refractivity contribution in [2.75, 3.05) is 6.61 Å². The van der Waals surface area contributed by atoms with E-state index in [4.69, 9.17) is 9.47 Å². The predicted octanol–water partition coefficient (Wildman–Crippen LogP) is 5.61. The van der Waals surface area contributed by atoms with E-state index in [0.29, 0.717) is 6.61 Å². The van der Waals surface area contributed by atoms with Crippen molar-refractivity contribution in [3.8, 4) is 0 Å². The second-order valence-corrected chi connectivity index (χ2v) is 5.95. The van der Waals surface area contributed by atoms with Crippen LogP contribution in [0.5, 0.6) is 0 Å². The maximum atomic E-state index is 11.7. The van der Waals surface area contributed by atoms with Crippen LogP contribution in [0.2, 0.25) is 0 Å². The molecule has 1 fully saturated rings. The van der Waals surface area contributed by atoms with Crippen LogP contribution in [0.3, 0.4) is 0 Å². The monoisotopic (exact) mass is 284 g/mol. The topological polar surface area (TPSA) is 35.5 Å². The summed E-state index contributed by atoms with van der Waals surface area (Å²) in [5.41, 5.74) is 0. The molecule has 0 spiro atoms. The normalized spacial score (nSPS) is 18.4. The van der Waals surface area contributed by atoms with Crippen molar-refractivity contribution < 1.29 is 14.3 Å². The predicted molar refractivity (Wildman–Crippen MR) is 81.9 cm³/mol. The lowest BCUT2D eigenvalue weighted by Crippen LogP contribution is -2.20. The molecule has 1 rings (SSSR count).